The Kier molecular flexibility index (Phi) is 8.06. The van der Waals surface area contributed by atoms with Crippen molar-refractivity contribution in [3.05, 3.63) is 118 Å². The first-order valence-corrected chi connectivity index (χ1v) is 12.4. The number of carbonyl (C=O) groups excluding carboxylic acids is 2. The Morgan fingerprint density at radius 2 is 1.73 bits per heavy atom. The number of benzene rings is 3. The fraction of sp³-hybridized carbons (Fsp3) is 0.138. The lowest BCUT2D eigenvalue weighted by Gasteiger charge is -2.30. The third kappa shape index (κ3) is 5.74. The number of amides is 1. The van der Waals surface area contributed by atoms with Crippen molar-refractivity contribution < 1.29 is 18.7 Å². The monoisotopic (exact) mass is 513 g/mol. The highest BCUT2D eigenvalue weighted by Gasteiger charge is 2.35. The van der Waals surface area contributed by atoms with Crippen molar-refractivity contribution in [2.45, 2.75) is 12.8 Å². The number of nitrogens with one attached hydrogen (secondary N) is 2. The number of hydrogen-bond acceptors (Lipinski definition) is 6. The Hall–Kier alpha value is -4.35. The van der Waals surface area contributed by atoms with Crippen LogP contribution in [0.3, 0.4) is 0 Å². The number of dihydropyridines is 1. The zero-order valence-electron chi connectivity index (χ0n) is 20.2. The Morgan fingerprint density at radius 3 is 2.41 bits per heavy atom. The molecule has 2 N–H and O–H groups in total. The average Bonchev–Trinajstić information content (AvgIpc) is 2.92. The number of thioether (sulfide) groups is 1. The van der Waals surface area contributed by atoms with E-state index < -0.39 is 11.7 Å². The van der Waals surface area contributed by atoms with Crippen molar-refractivity contribution in [3.63, 3.8) is 0 Å². The summed E-state index contributed by atoms with van der Waals surface area (Å²) in [6.07, 6.45) is 0. The van der Waals surface area contributed by atoms with E-state index in [2.05, 4.69) is 16.7 Å². The minimum absolute atomic E-state index is 0.0384. The van der Waals surface area contributed by atoms with Crippen molar-refractivity contribution >= 4 is 29.1 Å². The van der Waals surface area contributed by atoms with E-state index in [1.54, 1.807) is 31.2 Å². The van der Waals surface area contributed by atoms with Gasteiger partial charge in [0.25, 0.3) is 5.91 Å². The quantitative estimate of drug-likeness (QED) is 0.371. The lowest BCUT2D eigenvalue weighted by atomic mass is 9.82. The van der Waals surface area contributed by atoms with E-state index in [-0.39, 0.29) is 17.4 Å². The first kappa shape index (κ1) is 25.7. The fourth-order valence-electron chi connectivity index (χ4n) is 4.10. The number of Topliss-reactive ketones (excluding diaryl/α,β-unsaturated/α-hetero) is 1. The molecule has 186 valence electrons. The molecule has 0 saturated carbocycles. The summed E-state index contributed by atoms with van der Waals surface area (Å²) in [5.74, 6) is -1.09. The topological polar surface area (TPSA) is 91.2 Å². The Morgan fingerprint density at radius 1 is 1.05 bits per heavy atom. The molecule has 37 heavy (non-hydrogen) atoms. The van der Waals surface area contributed by atoms with Crippen molar-refractivity contribution in [1.29, 1.82) is 5.26 Å². The smallest absolute Gasteiger partial charge is 0.254 e. The predicted octanol–water partition coefficient (Wildman–Crippen LogP) is 5.79. The normalized spacial score (nSPS) is 15.0. The molecule has 1 heterocycles. The van der Waals surface area contributed by atoms with E-state index in [0.717, 1.165) is 5.56 Å². The minimum Gasteiger partial charge on any atom is -0.495 e. The molecule has 0 unspecified atom stereocenters. The molecule has 1 aliphatic heterocycles. The SMILES string of the molecule is COc1ccccc1NC(=O)C1=C(C)NC(SCC(=O)c2ccc(F)cc2)=C(C#N)[C@H]1c1ccccc1. The summed E-state index contributed by atoms with van der Waals surface area (Å²) in [6.45, 7) is 1.77. The third-order valence-corrected chi connectivity index (χ3v) is 6.91. The molecule has 0 saturated heterocycles. The maximum Gasteiger partial charge on any atom is 0.254 e. The highest BCUT2D eigenvalue weighted by molar-refractivity contribution is 8.03. The summed E-state index contributed by atoms with van der Waals surface area (Å²) < 4.78 is 18.6. The largest absolute Gasteiger partial charge is 0.495 e. The molecular weight excluding hydrogens is 489 g/mol. The van der Waals surface area contributed by atoms with Crippen LogP contribution in [-0.4, -0.2) is 24.6 Å². The van der Waals surface area contributed by atoms with Crippen molar-refractivity contribution in [3.8, 4) is 11.8 Å². The van der Waals surface area contributed by atoms with E-state index in [9.17, 15) is 19.2 Å². The van der Waals surface area contributed by atoms with Crippen LogP contribution in [0.1, 0.15) is 28.8 Å². The molecule has 1 amide bonds. The van der Waals surface area contributed by atoms with Gasteiger partial charge in [0.05, 0.1) is 41.1 Å². The number of rotatable bonds is 8. The summed E-state index contributed by atoms with van der Waals surface area (Å²) in [4.78, 5) is 26.3. The third-order valence-electron chi connectivity index (χ3n) is 5.89. The zero-order chi connectivity index (χ0) is 26.4. The second-order valence-corrected chi connectivity index (χ2v) is 9.22. The molecule has 0 bridgehead atoms. The fourth-order valence-corrected chi connectivity index (χ4v) is 5.09. The number of anilines is 1. The number of ether oxygens (including phenoxy) is 1. The Balaban J connectivity index is 1.67. The van der Waals surface area contributed by atoms with E-state index in [1.165, 1.54) is 43.1 Å². The molecule has 3 aromatic rings. The molecule has 0 spiro atoms. The van der Waals surface area contributed by atoms with Crippen LogP contribution in [0.4, 0.5) is 10.1 Å². The number of ketones is 1. The highest BCUT2D eigenvalue weighted by atomic mass is 32.2. The van der Waals surface area contributed by atoms with Crippen molar-refractivity contribution in [1.82, 2.24) is 5.32 Å². The maximum atomic E-state index is 13.6. The molecule has 3 aromatic carbocycles. The van der Waals surface area contributed by atoms with Crippen LogP contribution in [0.25, 0.3) is 0 Å². The van der Waals surface area contributed by atoms with Gasteiger partial charge in [-0.25, -0.2) is 4.39 Å². The number of hydrogen-bond donors (Lipinski definition) is 2. The Bertz CT molecular complexity index is 1430. The first-order valence-electron chi connectivity index (χ1n) is 11.5. The summed E-state index contributed by atoms with van der Waals surface area (Å²) in [5, 5.41) is 16.8. The zero-order valence-corrected chi connectivity index (χ0v) is 21.1. The van der Waals surface area contributed by atoms with Crippen LogP contribution in [-0.2, 0) is 4.79 Å². The number of halogens is 1. The molecule has 1 atom stereocenters. The maximum absolute atomic E-state index is 13.6. The van der Waals surface area contributed by atoms with Crippen molar-refractivity contribution in [2.24, 2.45) is 0 Å². The second-order valence-electron chi connectivity index (χ2n) is 8.24. The lowest BCUT2D eigenvalue weighted by molar-refractivity contribution is -0.113. The molecule has 1 aliphatic rings. The van der Waals surface area contributed by atoms with Gasteiger partial charge in [-0.3, -0.25) is 9.59 Å². The van der Waals surface area contributed by atoms with Crippen LogP contribution in [0.15, 0.2) is 101 Å². The van der Waals surface area contributed by atoms with Gasteiger partial charge in [-0.1, -0.05) is 54.2 Å². The molecule has 0 aromatic heterocycles. The molecule has 0 radical (unpaired) electrons. The molecule has 0 fully saturated rings. The van der Waals surface area contributed by atoms with Crippen LogP contribution in [0.2, 0.25) is 0 Å². The molecule has 8 heteroatoms. The summed E-state index contributed by atoms with van der Waals surface area (Å²) in [5.41, 5.74) is 2.95. The van der Waals surface area contributed by atoms with Crippen LogP contribution >= 0.6 is 11.8 Å². The van der Waals surface area contributed by atoms with Gasteiger partial charge < -0.3 is 15.4 Å². The summed E-state index contributed by atoms with van der Waals surface area (Å²) in [6, 6.07) is 24.0. The van der Waals surface area contributed by atoms with Crippen molar-refractivity contribution in [2.75, 3.05) is 18.2 Å². The first-order chi connectivity index (χ1) is 17.9. The standard InChI is InChI=1S/C29H24FN3O3S/c1-18-26(28(35)33-23-10-6-7-11-25(23)36-2)27(20-8-4-3-5-9-20)22(16-31)29(32-18)37-17-24(34)19-12-14-21(30)15-13-19/h3-15,27,32H,17H2,1-2H3,(H,33,35)/t27-/m1/s1. The van der Waals surface area contributed by atoms with E-state index in [4.69, 9.17) is 4.74 Å². The Labute approximate surface area is 218 Å². The minimum atomic E-state index is -0.648. The molecule has 6 nitrogen and oxygen atoms in total. The number of nitriles is 1. The van der Waals surface area contributed by atoms with Gasteiger partial charge in [0.15, 0.2) is 5.78 Å². The second kappa shape index (κ2) is 11.6. The van der Waals surface area contributed by atoms with Crippen LogP contribution in [0, 0.1) is 17.1 Å². The predicted molar refractivity (Wildman–Crippen MR) is 142 cm³/mol. The van der Waals surface area contributed by atoms with Gasteiger partial charge in [-0.2, -0.15) is 5.26 Å². The van der Waals surface area contributed by atoms with Gasteiger partial charge in [0.1, 0.15) is 11.6 Å². The van der Waals surface area contributed by atoms with Gasteiger partial charge in [-0.05, 0) is 48.9 Å². The van der Waals surface area contributed by atoms with Crippen LogP contribution in [0.5, 0.6) is 5.75 Å². The summed E-state index contributed by atoms with van der Waals surface area (Å²) >= 11 is 1.18. The highest BCUT2D eigenvalue weighted by Crippen LogP contribution is 2.41. The molecular formula is C29H24FN3O3S. The van der Waals surface area contributed by atoms with Gasteiger partial charge >= 0.3 is 0 Å². The number of nitrogens with zero attached hydrogens (tertiary/aromatic N) is 1. The number of methoxy groups -OCH3 is 1. The average molecular weight is 514 g/mol. The number of para-hydroxylation sites is 2. The number of carbonyl (C=O) groups is 2. The van der Waals surface area contributed by atoms with Gasteiger partial charge in [-0.15, -0.1) is 0 Å². The van der Waals surface area contributed by atoms with Gasteiger partial charge in [0.2, 0.25) is 0 Å². The van der Waals surface area contributed by atoms with E-state index >= 15 is 0 Å². The lowest BCUT2D eigenvalue weighted by Crippen LogP contribution is -2.31. The molecule has 0 aliphatic carbocycles. The van der Waals surface area contributed by atoms with E-state index in [0.29, 0.717) is 38.9 Å². The molecule has 4 rings (SSSR count). The number of allylic oxidation sites excluding steroid dienone is 2. The summed E-state index contributed by atoms with van der Waals surface area (Å²) in [7, 11) is 1.53. The van der Waals surface area contributed by atoms with Crippen LogP contribution < -0.4 is 15.4 Å². The van der Waals surface area contributed by atoms with Gasteiger partial charge in [0, 0.05) is 16.8 Å². The van der Waals surface area contributed by atoms with E-state index in [1.807, 2.05) is 30.3 Å².